The Morgan fingerprint density at radius 2 is 1.00 bits per heavy atom. The van der Waals surface area contributed by atoms with Crippen LogP contribution < -0.4 is 0 Å². The molecule has 0 aliphatic heterocycles. The van der Waals surface area contributed by atoms with E-state index >= 15 is 0 Å². The number of carboxylic acids is 1. The highest BCUT2D eigenvalue weighted by Crippen LogP contribution is 2.26. The lowest BCUT2D eigenvalue weighted by Gasteiger charge is -2.10. The molecular formula is C38H40Cl3IO6. The SMILES string of the molecule is CC#Cc1cc(Cl)c(CC(=O)O)c(CC)c1.CC#Cc1cc(Cl)c(CC(=O)OC)c(CC)c1.CCc1cc(I)cc(Cl)c1CC(=O)OC. The molecular weight excluding hydrogens is 786 g/mol. The van der Waals surface area contributed by atoms with Gasteiger partial charge in [-0.1, -0.05) is 67.4 Å². The number of carboxylic acid groups (broad SMARTS) is 1. The quantitative estimate of drug-likeness (QED) is 0.132. The average molecular weight is 826 g/mol. The first-order valence-electron chi connectivity index (χ1n) is 15.1. The highest BCUT2D eigenvalue weighted by molar-refractivity contribution is 14.1. The summed E-state index contributed by atoms with van der Waals surface area (Å²) in [6.07, 6.45) is 2.84. The number of halogens is 4. The molecule has 0 aromatic heterocycles. The van der Waals surface area contributed by atoms with E-state index in [1.807, 2.05) is 45.0 Å². The van der Waals surface area contributed by atoms with Gasteiger partial charge < -0.3 is 14.6 Å². The van der Waals surface area contributed by atoms with Crippen molar-refractivity contribution in [3.8, 4) is 23.7 Å². The molecule has 3 rings (SSSR count). The minimum Gasteiger partial charge on any atom is -0.481 e. The molecule has 256 valence electrons. The van der Waals surface area contributed by atoms with E-state index in [0.29, 0.717) is 20.6 Å². The fraction of sp³-hybridized carbons (Fsp3) is 0.342. The average Bonchev–Trinajstić information content (AvgIpc) is 3.04. The Balaban J connectivity index is 0.000000361. The summed E-state index contributed by atoms with van der Waals surface area (Å²) >= 11 is 20.6. The fourth-order valence-corrected chi connectivity index (χ4v) is 6.39. The predicted molar refractivity (Wildman–Crippen MR) is 203 cm³/mol. The van der Waals surface area contributed by atoms with Gasteiger partial charge in [0.1, 0.15) is 0 Å². The number of aryl methyl sites for hydroxylation is 3. The van der Waals surface area contributed by atoms with Gasteiger partial charge in [0.25, 0.3) is 0 Å². The lowest BCUT2D eigenvalue weighted by molar-refractivity contribution is -0.140. The maximum Gasteiger partial charge on any atom is 0.310 e. The minimum absolute atomic E-state index is 0.0398. The van der Waals surface area contributed by atoms with Gasteiger partial charge in [-0.15, -0.1) is 11.8 Å². The number of hydrogen-bond acceptors (Lipinski definition) is 5. The van der Waals surface area contributed by atoms with Crippen LogP contribution in [-0.4, -0.2) is 37.2 Å². The molecule has 6 nitrogen and oxygen atoms in total. The van der Waals surface area contributed by atoms with Crippen LogP contribution >= 0.6 is 57.4 Å². The van der Waals surface area contributed by atoms with Crippen LogP contribution in [0.25, 0.3) is 0 Å². The van der Waals surface area contributed by atoms with Gasteiger partial charge in [-0.25, -0.2) is 0 Å². The van der Waals surface area contributed by atoms with Crippen molar-refractivity contribution in [2.24, 2.45) is 0 Å². The van der Waals surface area contributed by atoms with Crippen molar-refractivity contribution in [1.29, 1.82) is 0 Å². The van der Waals surface area contributed by atoms with Crippen molar-refractivity contribution in [3.63, 3.8) is 0 Å². The molecule has 0 aliphatic rings. The van der Waals surface area contributed by atoms with E-state index in [9.17, 15) is 14.4 Å². The van der Waals surface area contributed by atoms with E-state index in [0.717, 1.165) is 61.8 Å². The van der Waals surface area contributed by atoms with Crippen LogP contribution in [0.3, 0.4) is 0 Å². The number of carbonyl (C=O) groups excluding carboxylic acids is 2. The summed E-state index contributed by atoms with van der Waals surface area (Å²) in [7, 11) is 2.76. The van der Waals surface area contributed by atoms with Crippen molar-refractivity contribution in [1.82, 2.24) is 0 Å². The lowest BCUT2D eigenvalue weighted by atomic mass is 9.99. The zero-order valence-corrected chi connectivity index (χ0v) is 32.6. The van der Waals surface area contributed by atoms with Gasteiger partial charge in [-0.05, 0) is 125 Å². The summed E-state index contributed by atoms with van der Waals surface area (Å²) in [5.74, 6) is 10.1. The summed E-state index contributed by atoms with van der Waals surface area (Å²) in [5.41, 5.74) is 7.22. The molecule has 0 spiro atoms. The fourth-order valence-electron chi connectivity index (χ4n) is 4.60. The topological polar surface area (TPSA) is 89.9 Å². The Hall–Kier alpha value is -3.21. The van der Waals surface area contributed by atoms with Crippen LogP contribution in [0.2, 0.25) is 15.1 Å². The molecule has 0 bridgehead atoms. The van der Waals surface area contributed by atoms with Crippen LogP contribution in [0.15, 0.2) is 36.4 Å². The van der Waals surface area contributed by atoms with Crippen LogP contribution in [0.5, 0.6) is 0 Å². The van der Waals surface area contributed by atoms with Crippen LogP contribution in [0.1, 0.15) is 79.1 Å². The van der Waals surface area contributed by atoms with E-state index in [-0.39, 0.29) is 31.2 Å². The Morgan fingerprint density at radius 3 is 1.33 bits per heavy atom. The third kappa shape index (κ3) is 14.1. The van der Waals surface area contributed by atoms with Crippen molar-refractivity contribution in [2.45, 2.75) is 73.1 Å². The first-order valence-corrected chi connectivity index (χ1v) is 17.3. The summed E-state index contributed by atoms with van der Waals surface area (Å²) in [6.45, 7) is 9.57. The Morgan fingerprint density at radius 1 is 0.646 bits per heavy atom. The Labute approximate surface area is 313 Å². The van der Waals surface area contributed by atoms with E-state index in [4.69, 9.17) is 39.9 Å². The number of esters is 2. The van der Waals surface area contributed by atoms with Gasteiger partial charge in [0.15, 0.2) is 0 Å². The van der Waals surface area contributed by atoms with Gasteiger partial charge in [0.05, 0.1) is 33.5 Å². The summed E-state index contributed by atoms with van der Waals surface area (Å²) in [4.78, 5) is 33.2. The Bertz CT molecular complexity index is 1730. The third-order valence-corrected chi connectivity index (χ3v) is 8.57. The minimum atomic E-state index is -0.870. The second-order valence-corrected chi connectivity index (χ2v) is 12.6. The molecule has 0 unspecified atom stereocenters. The maximum atomic E-state index is 11.3. The van der Waals surface area contributed by atoms with Crippen LogP contribution in [0.4, 0.5) is 0 Å². The number of rotatable bonds is 9. The first kappa shape index (κ1) is 42.8. The monoisotopic (exact) mass is 824 g/mol. The first-order chi connectivity index (χ1) is 22.8. The van der Waals surface area contributed by atoms with Crippen molar-refractivity contribution >= 4 is 75.3 Å². The largest absolute Gasteiger partial charge is 0.481 e. The van der Waals surface area contributed by atoms with Crippen molar-refractivity contribution in [3.05, 3.63) is 99.5 Å². The predicted octanol–water partition coefficient (Wildman–Crippen LogP) is 9.11. The third-order valence-electron chi connectivity index (χ3n) is 6.94. The molecule has 3 aromatic rings. The number of ether oxygens (including phenoxy) is 2. The Kier molecular flexibility index (Phi) is 20.0. The standard InChI is InChI=1S/C14H15ClO2.C13H13ClO2.C11H12ClIO2/c1-4-6-10-7-11(5-2)12(13(15)8-10)9-14(16)17-3;1-3-5-9-6-10(4-2)11(8-13(15)16)12(14)7-9;1-3-7-4-8(13)5-10(12)9(7)6-11(14)15-2/h7-8H,5,9H2,1-3H3;6-7H,4,8H2,1-2H3,(H,15,16);4-5H,3,6H2,1-2H3. The molecule has 48 heavy (non-hydrogen) atoms. The second kappa shape index (κ2) is 22.4. The zero-order valence-electron chi connectivity index (χ0n) is 28.2. The second-order valence-electron chi connectivity index (χ2n) is 10.1. The summed E-state index contributed by atoms with van der Waals surface area (Å²) in [6, 6.07) is 11.3. The molecule has 10 heteroatoms. The number of hydrogen-bond donors (Lipinski definition) is 1. The zero-order chi connectivity index (χ0) is 36.4. The van der Waals surface area contributed by atoms with Crippen molar-refractivity contribution in [2.75, 3.05) is 14.2 Å². The van der Waals surface area contributed by atoms with Crippen LogP contribution in [0, 0.1) is 27.3 Å². The highest BCUT2D eigenvalue weighted by Gasteiger charge is 2.14. The van der Waals surface area contributed by atoms with Gasteiger partial charge in [0, 0.05) is 29.8 Å². The van der Waals surface area contributed by atoms with Gasteiger partial charge >= 0.3 is 17.9 Å². The molecule has 1 N–H and O–H groups in total. The van der Waals surface area contributed by atoms with Gasteiger partial charge in [-0.2, -0.15) is 0 Å². The number of carbonyl (C=O) groups is 3. The molecule has 0 radical (unpaired) electrons. The molecule has 0 atom stereocenters. The van der Waals surface area contributed by atoms with Crippen molar-refractivity contribution < 1.29 is 29.0 Å². The normalized spacial score (nSPS) is 9.65. The molecule has 3 aromatic carbocycles. The van der Waals surface area contributed by atoms with E-state index < -0.39 is 5.97 Å². The van der Waals surface area contributed by atoms with E-state index in [1.54, 1.807) is 26.0 Å². The van der Waals surface area contributed by atoms with Crippen LogP contribution in [-0.2, 0) is 62.4 Å². The molecule has 0 fully saturated rings. The number of benzene rings is 3. The number of methoxy groups -OCH3 is 2. The molecule has 0 saturated heterocycles. The smallest absolute Gasteiger partial charge is 0.310 e. The van der Waals surface area contributed by atoms with Gasteiger partial charge in [-0.3, -0.25) is 14.4 Å². The van der Waals surface area contributed by atoms with E-state index in [1.165, 1.54) is 14.2 Å². The summed E-state index contributed by atoms with van der Waals surface area (Å²) in [5, 5.41) is 10.5. The summed E-state index contributed by atoms with van der Waals surface area (Å²) < 4.78 is 10.4. The molecule has 0 saturated carbocycles. The molecule has 0 amide bonds. The number of aliphatic carboxylic acids is 1. The lowest BCUT2D eigenvalue weighted by Crippen LogP contribution is -2.07. The van der Waals surface area contributed by atoms with Gasteiger partial charge in [0.2, 0.25) is 0 Å². The van der Waals surface area contributed by atoms with E-state index in [2.05, 4.69) is 55.7 Å². The maximum absolute atomic E-state index is 11.3. The molecule has 0 aliphatic carbocycles. The molecule has 0 heterocycles. The highest BCUT2D eigenvalue weighted by atomic mass is 127.